The second kappa shape index (κ2) is 12.6. The van der Waals surface area contributed by atoms with E-state index in [4.69, 9.17) is 14.2 Å². The summed E-state index contributed by atoms with van der Waals surface area (Å²) in [5, 5.41) is 0. The number of methoxy groups -OCH3 is 1. The highest BCUT2D eigenvalue weighted by Crippen LogP contribution is 2.67. The Bertz CT molecular complexity index is 1780. The quantitative estimate of drug-likeness (QED) is 0.225. The van der Waals surface area contributed by atoms with E-state index in [1.807, 2.05) is 48.2 Å². The molecule has 48 heavy (non-hydrogen) atoms. The fraction of sp³-hybridized carbons (Fsp3) is 0.463. The number of carbonyl (C=O) groups is 2. The Morgan fingerprint density at radius 2 is 1.90 bits per heavy atom. The van der Waals surface area contributed by atoms with E-state index in [-0.39, 0.29) is 29.9 Å². The fourth-order valence-corrected chi connectivity index (χ4v) is 9.38. The van der Waals surface area contributed by atoms with Crippen LogP contribution in [0.25, 0.3) is 0 Å². The van der Waals surface area contributed by atoms with Gasteiger partial charge in [0.2, 0.25) is 0 Å². The Balaban J connectivity index is 1.32. The number of piperidine rings is 1. The smallest absolute Gasteiger partial charge is 0.303 e. The van der Waals surface area contributed by atoms with Crippen LogP contribution in [0.2, 0.25) is 0 Å². The minimum Gasteiger partial charge on any atom is -0.493 e. The number of rotatable bonds is 8. The van der Waals surface area contributed by atoms with Crippen LogP contribution in [0, 0.1) is 24.7 Å². The van der Waals surface area contributed by atoms with Crippen molar-refractivity contribution < 1.29 is 23.8 Å². The first kappa shape index (κ1) is 32.3. The molecule has 2 heterocycles. The van der Waals surface area contributed by atoms with Crippen molar-refractivity contribution in [3.63, 3.8) is 0 Å². The lowest BCUT2D eigenvalue weighted by molar-refractivity contribution is -0.224. The van der Waals surface area contributed by atoms with E-state index in [0.717, 1.165) is 54.8 Å². The van der Waals surface area contributed by atoms with Gasteiger partial charge in [0.15, 0.2) is 11.5 Å². The first-order valence-electron chi connectivity index (χ1n) is 17.4. The van der Waals surface area contributed by atoms with Crippen molar-refractivity contribution in [2.45, 2.75) is 89.0 Å². The number of hydrogen-bond donors (Lipinski definition) is 0. The number of esters is 1. The molecule has 4 aliphatic rings. The van der Waals surface area contributed by atoms with E-state index < -0.39 is 17.1 Å². The van der Waals surface area contributed by atoms with Crippen LogP contribution in [0.4, 0.5) is 0 Å². The molecule has 0 radical (unpaired) electrons. The molecule has 1 saturated carbocycles. The average molecular weight is 647 g/mol. The molecular weight excluding hydrogens is 600 g/mol. The zero-order valence-corrected chi connectivity index (χ0v) is 28.8. The number of likely N-dealkylation sites (tertiary alicyclic amines) is 1. The van der Waals surface area contributed by atoms with Gasteiger partial charge in [-0.05, 0) is 86.4 Å². The van der Waals surface area contributed by atoms with Crippen LogP contribution in [-0.2, 0) is 32.6 Å². The molecule has 3 aromatic carbocycles. The third-order valence-corrected chi connectivity index (χ3v) is 11.1. The predicted molar refractivity (Wildman–Crippen MR) is 185 cm³/mol. The summed E-state index contributed by atoms with van der Waals surface area (Å²) in [5.74, 6) is 7.28. The number of ether oxygens (including phenoxy) is 3. The van der Waals surface area contributed by atoms with Crippen LogP contribution in [0.5, 0.6) is 11.5 Å². The molecule has 2 bridgehead atoms. The van der Waals surface area contributed by atoms with Gasteiger partial charge in [-0.2, -0.15) is 0 Å². The van der Waals surface area contributed by atoms with Crippen LogP contribution >= 0.6 is 0 Å². The lowest BCUT2D eigenvalue weighted by atomic mass is 9.48. The van der Waals surface area contributed by atoms with Gasteiger partial charge in [0.25, 0.3) is 5.91 Å². The van der Waals surface area contributed by atoms with Crippen molar-refractivity contribution in [3.05, 3.63) is 94.5 Å². The molecule has 2 aliphatic heterocycles. The molecule has 7 rings (SSSR count). The van der Waals surface area contributed by atoms with Crippen LogP contribution < -0.4 is 9.47 Å². The third-order valence-electron chi connectivity index (χ3n) is 11.1. The van der Waals surface area contributed by atoms with E-state index in [0.29, 0.717) is 25.1 Å². The Hall–Kier alpha value is -4.28. The first-order valence-corrected chi connectivity index (χ1v) is 17.4. The van der Waals surface area contributed by atoms with Crippen LogP contribution in [0.15, 0.2) is 66.7 Å². The second-order valence-electron chi connectivity index (χ2n) is 14.4. The van der Waals surface area contributed by atoms with E-state index >= 15 is 0 Å². The lowest BCUT2D eigenvalue weighted by Gasteiger charge is -2.65. The van der Waals surface area contributed by atoms with E-state index in [9.17, 15) is 9.59 Å². The predicted octanol–water partition coefficient (Wildman–Crippen LogP) is 5.88. The molecule has 5 atom stereocenters. The topological polar surface area (TPSA) is 68.3 Å². The first-order chi connectivity index (χ1) is 23.2. The second-order valence-corrected chi connectivity index (χ2v) is 14.4. The minimum atomic E-state index is -0.806. The minimum absolute atomic E-state index is 0.0203. The maximum Gasteiger partial charge on any atom is 0.303 e. The number of carbonyl (C=O) groups excluding carboxylic acids is 2. The highest BCUT2D eigenvalue weighted by atomic mass is 16.6. The molecule has 2 fully saturated rings. The summed E-state index contributed by atoms with van der Waals surface area (Å²) < 4.78 is 19.7. The molecule has 0 unspecified atom stereocenters. The summed E-state index contributed by atoms with van der Waals surface area (Å²) in [4.78, 5) is 31.8. The number of aryl methyl sites for hydroxylation is 1. The maximum atomic E-state index is 14.2. The summed E-state index contributed by atoms with van der Waals surface area (Å²) >= 11 is 0. The monoisotopic (exact) mass is 646 g/mol. The van der Waals surface area contributed by atoms with Crippen molar-refractivity contribution in [1.82, 2.24) is 9.80 Å². The highest BCUT2D eigenvalue weighted by molar-refractivity contribution is 5.94. The molecule has 7 heteroatoms. The van der Waals surface area contributed by atoms with Crippen molar-refractivity contribution in [3.8, 4) is 23.3 Å². The van der Waals surface area contributed by atoms with Crippen molar-refractivity contribution in [1.29, 1.82) is 0 Å². The Morgan fingerprint density at radius 3 is 2.62 bits per heavy atom. The normalized spacial score (nSPS) is 26.5. The van der Waals surface area contributed by atoms with Gasteiger partial charge in [-0.1, -0.05) is 68.3 Å². The van der Waals surface area contributed by atoms with Crippen LogP contribution in [0.3, 0.4) is 0 Å². The highest BCUT2D eigenvalue weighted by Gasteiger charge is 2.75. The van der Waals surface area contributed by atoms with E-state index in [1.54, 1.807) is 7.11 Å². The van der Waals surface area contributed by atoms with Gasteiger partial charge < -0.3 is 19.1 Å². The molecular formula is C41H46N2O5. The summed E-state index contributed by atoms with van der Waals surface area (Å²) in [5.41, 5.74) is 4.10. The fourth-order valence-electron chi connectivity index (χ4n) is 9.38. The Labute approximate surface area is 284 Å². The standard InChI is InChI=1S/C41H46N2O5/c1-27(2)26-43(36(45)17-14-31-13-9-10-28(3)24-31)33-18-20-41(48-29(4)44)35-25-32-15-16-34(46-5)38-37(32)40(41,39(33)47-38)21-23-42(35)22-19-30-11-7-6-8-12-30/h6-13,15-16,24,27,33,35,39H,18-23,25-26H2,1-5H3/t33-,35-,39+,40+,41-/m1/s1. The van der Waals surface area contributed by atoms with E-state index in [2.05, 4.69) is 60.9 Å². The molecule has 3 aromatic rings. The van der Waals surface area contributed by atoms with Gasteiger partial charge in [-0.15, -0.1) is 0 Å². The largest absolute Gasteiger partial charge is 0.493 e. The van der Waals surface area contributed by atoms with Gasteiger partial charge in [-0.3, -0.25) is 14.5 Å². The van der Waals surface area contributed by atoms with Gasteiger partial charge in [0.1, 0.15) is 11.7 Å². The molecule has 7 nitrogen and oxygen atoms in total. The van der Waals surface area contributed by atoms with Gasteiger partial charge in [-0.25, -0.2) is 0 Å². The molecule has 1 amide bonds. The summed E-state index contributed by atoms with van der Waals surface area (Å²) in [6.45, 7) is 10.1. The maximum absolute atomic E-state index is 14.2. The Kier molecular flexibility index (Phi) is 8.49. The third kappa shape index (κ3) is 5.26. The van der Waals surface area contributed by atoms with Crippen molar-refractivity contribution >= 4 is 11.9 Å². The SMILES string of the molecule is COc1ccc2c3c1O[C@H]1[C@H](N(CC(C)C)C(=O)C#Cc4cccc(C)c4)CC[C@@]4(OC(C)=O)[C@@H](C2)N(CCc2ccccc2)CC[C@]314. The zero-order chi connectivity index (χ0) is 33.6. The van der Waals surface area contributed by atoms with E-state index in [1.165, 1.54) is 18.1 Å². The average Bonchev–Trinajstić information content (AvgIpc) is 3.41. The van der Waals surface area contributed by atoms with Gasteiger partial charge in [0.05, 0.1) is 24.6 Å². The number of amides is 1. The number of nitrogens with zero attached hydrogens (tertiary/aromatic N) is 2. The van der Waals surface area contributed by atoms with Crippen LogP contribution in [0.1, 0.15) is 67.9 Å². The number of hydrogen-bond acceptors (Lipinski definition) is 6. The molecule has 2 aliphatic carbocycles. The number of benzene rings is 3. The summed E-state index contributed by atoms with van der Waals surface area (Å²) in [6, 6.07) is 22.4. The molecule has 0 aromatic heterocycles. The molecule has 0 N–H and O–H groups in total. The van der Waals surface area contributed by atoms with Crippen molar-refractivity contribution in [2.75, 3.05) is 26.7 Å². The summed E-state index contributed by atoms with van der Waals surface area (Å²) in [7, 11) is 1.67. The van der Waals surface area contributed by atoms with Crippen molar-refractivity contribution in [2.24, 2.45) is 5.92 Å². The molecule has 1 spiro atoms. The zero-order valence-electron chi connectivity index (χ0n) is 28.8. The molecule has 250 valence electrons. The van der Waals surface area contributed by atoms with Gasteiger partial charge in [0, 0.05) is 37.1 Å². The molecule has 1 saturated heterocycles. The van der Waals surface area contributed by atoms with Gasteiger partial charge >= 0.3 is 5.97 Å². The summed E-state index contributed by atoms with van der Waals surface area (Å²) in [6.07, 6.45) is 3.27. The Morgan fingerprint density at radius 1 is 1.08 bits per heavy atom. The van der Waals surface area contributed by atoms with Crippen LogP contribution in [-0.4, -0.2) is 72.2 Å². The lowest BCUT2D eigenvalue weighted by Crippen LogP contribution is -2.79.